The molecule has 5 heteroatoms. The summed E-state index contributed by atoms with van der Waals surface area (Å²) in [5.41, 5.74) is 0.150. The first-order valence-electron chi connectivity index (χ1n) is 6.21. The molecule has 0 radical (unpaired) electrons. The smallest absolute Gasteiger partial charge is 0.335 e. The van der Waals surface area contributed by atoms with E-state index in [1.54, 1.807) is 11.3 Å². The van der Waals surface area contributed by atoms with Gasteiger partial charge in [0.15, 0.2) is 0 Å². The average molecular weight is 293 g/mol. The van der Waals surface area contributed by atoms with Crippen LogP contribution in [0.4, 0.5) is 10.1 Å². The quantitative estimate of drug-likeness (QED) is 0.876. The third-order valence-electron chi connectivity index (χ3n) is 3.13. The summed E-state index contributed by atoms with van der Waals surface area (Å²) < 4.78 is 13.8. The van der Waals surface area contributed by atoms with Crippen molar-refractivity contribution in [2.75, 3.05) is 11.9 Å². The molecule has 106 valence electrons. The van der Waals surface area contributed by atoms with E-state index in [1.807, 2.05) is 11.4 Å². The van der Waals surface area contributed by atoms with E-state index in [9.17, 15) is 9.18 Å². The second kappa shape index (κ2) is 5.63. The summed E-state index contributed by atoms with van der Waals surface area (Å²) in [5.74, 6) is -1.68. The Morgan fingerprint density at radius 2 is 2.15 bits per heavy atom. The molecule has 0 amide bonds. The van der Waals surface area contributed by atoms with Crippen LogP contribution in [0.3, 0.4) is 0 Å². The Kier molecular flexibility index (Phi) is 4.09. The number of halogens is 1. The molecular weight excluding hydrogens is 277 g/mol. The molecule has 3 nitrogen and oxygen atoms in total. The van der Waals surface area contributed by atoms with Crippen molar-refractivity contribution < 1.29 is 14.3 Å². The number of carbonyl (C=O) groups is 1. The highest BCUT2D eigenvalue weighted by Crippen LogP contribution is 2.28. The Bertz CT molecular complexity index is 608. The van der Waals surface area contributed by atoms with Gasteiger partial charge in [0.25, 0.3) is 0 Å². The van der Waals surface area contributed by atoms with Crippen molar-refractivity contribution in [1.29, 1.82) is 0 Å². The standard InChI is InChI=1S/C15H16FNO2S/c1-15(2,13-4-3-7-20-13)9-17-12-6-5-10(14(18)19)8-11(12)16/h3-8,17H,9H2,1-2H3,(H,18,19). The molecule has 1 aromatic carbocycles. The van der Waals surface area contributed by atoms with Gasteiger partial charge in [0, 0.05) is 16.8 Å². The molecule has 0 fully saturated rings. The van der Waals surface area contributed by atoms with Gasteiger partial charge in [0.05, 0.1) is 11.3 Å². The van der Waals surface area contributed by atoms with E-state index < -0.39 is 11.8 Å². The van der Waals surface area contributed by atoms with E-state index in [0.717, 1.165) is 6.07 Å². The number of aromatic carboxylic acids is 1. The topological polar surface area (TPSA) is 49.3 Å². The monoisotopic (exact) mass is 293 g/mol. The van der Waals surface area contributed by atoms with Gasteiger partial charge in [-0.05, 0) is 29.6 Å². The van der Waals surface area contributed by atoms with Gasteiger partial charge in [-0.3, -0.25) is 0 Å². The largest absolute Gasteiger partial charge is 0.478 e. The highest BCUT2D eigenvalue weighted by molar-refractivity contribution is 7.10. The van der Waals surface area contributed by atoms with Crippen molar-refractivity contribution in [3.8, 4) is 0 Å². The summed E-state index contributed by atoms with van der Waals surface area (Å²) in [6.45, 7) is 4.72. The van der Waals surface area contributed by atoms with Crippen LogP contribution >= 0.6 is 11.3 Å². The van der Waals surface area contributed by atoms with Gasteiger partial charge in [-0.2, -0.15) is 0 Å². The number of anilines is 1. The summed E-state index contributed by atoms with van der Waals surface area (Å²) >= 11 is 1.66. The summed E-state index contributed by atoms with van der Waals surface area (Å²) in [4.78, 5) is 12.0. The fraction of sp³-hybridized carbons (Fsp3) is 0.267. The van der Waals surface area contributed by atoms with Crippen molar-refractivity contribution in [2.45, 2.75) is 19.3 Å². The fourth-order valence-electron chi connectivity index (χ4n) is 1.86. The number of benzene rings is 1. The summed E-state index contributed by atoms with van der Waals surface area (Å²) in [5, 5.41) is 13.9. The molecule has 0 saturated carbocycles. The lowest BCUT2D eigenvalue weighted by Gasteiger charge is -2.24. The zero-order valence-electron chi connectivity index (χ0n) is 11.3. The lowest BCUT2D eigenvalue weighted by Crippen LogP contribution is -2.26. The third kappa shape index (κ3) is 3.17. The molecular formula is C15H16FNO2S. The Morgan fingerprint density at radius 1 is 1.40 bits per heavy atom. The molecule has 0 aliphatic rings. The summed E-state index contributed by atoms with van der Waals surface area (Å²) in [6, 6.07) is 7.93. The number of carboxylic acid groups (broad SMARTS) is 1. The molecule has 2 rings (SSSR count). The molecule has 2 N–H and O–H groups in total. The van der Waals surface area contributed by atoms with Crippen LogP contribution < -0.4 is 5.32 Å². The van der Waals surface area contributed by atoms with Gasteiger partial charge in [-0.25, -0.2) is 9.18 Å². The number of hydrogen-bond acceptors (Lipinski definition) is 3. The van der Waals surface area contributed by atoms with Crippen molar-refractivity contribution in [1.82, 2.24) is 0 Å². The molecule has 0 aliphatic carbocycles. The molecule has 2 aromatic rings. The molecule has 20 heavy (non-hydrogen) atoms. The molecule has 0 spiro atoms. The van der Waals surface area contributed by atoms with Gasteiger partial charge in [0.2, 0.25) is 0 Å². The first-order valence-corrected chi connectivity index (χ1v) is 7.09. The Labute approximate surface area is 121 Å². The van der Waals surface area contributed by atoms with E-state index in [-0.39, 0.29) is 11.0 Å². The third-order valence-corrected chi connectivity index (χ3v) is 4.36. The second-order valence-corrected chi connectivity index (χ2v) is 6.16. The average Bonchev–Trinajstić information content (AvgIpc) is 2.91. The van der Waals surface area contributed by atoms with Crippen LogP contribution in [0.25, 0.3) is 0 Å². The maximum atomic E-state index is 13.8. The second-order valence-electron chi connectivity index (χ2n) is 5.21. The van der Waals surface area contributed by atoms with Gasteiger partial charge >= 0.3 is 5.97 Å². The van der Waals surface area contributed by atoms with Crippen LogP contribution in [-0.4, -0.2) is 17.6 Å². The van der Waals surface area contributed by atoms with Gasteiger partial charge in [0.1, 0.15) is 5.82 Å². The van der Waals surface area contributed by atoms with Crippen molar-refractivity contribution in [3.63, 3.8) is 0 Å². The molecule has 1 heterocycles. The zero-order valence-corrected chi connectivity index (χ0v) is 12.1. The molecule has 0 saturated heterocycles. The van der Waals surface area contributed by atoms with Crippen LogP contribution in [0.1, 0.15) is 29.1 Å². The molecule has 0 bridgehead atoms. The van der Waals surface area contributed by atoms with Crippen LogP contribution in [-0.2, 0) is 5.41 Å². The molecule has 0 unspecified atom stereocenters. The minimum Gasteiger partial charge on any atom is -0.478 e. The summed E-state index contributed by atoms with van der Waals surface area (Å²) in [7, 11) is 0. The number of rotatable bonds is 5. The molecule has 1 aromatic heterocycles. The number of carboxylic acids is 1. The maximum absolute atomic E-state index is 13.8. The highest BCUT2D eigenvalue weighted by atomic mass is 32.1. The lowest BCUT2D eigenvalue weighted by atomic mass is 9.91. The van der Waals surface area contributed by atoms with E-state index in [0.29, 0.717) is 12.2 Å². The SMILES string of the molecule is CC(C)(CNc1ccc(C(=O)O)cc1F)c1cccs1. The minimum atomic E-state index is -1.13. The predicted octanol–water partition coefficient (Wildman–Crippen LogP) is 3.98. The van der Waals surface area contributed by atoms with E-state index in [4.69, 9.17) is 5.11 Å². The van der Waals surface area contributed by atoms with E-state index in [1.165, 1.54) is 17.0 Å². The fourth-order valence-corrected chi connectivity index (χ4v) is 2.71. The van der Waals surface area contributed by atoms with Crippen molar-refractivity contribution in [2.24, 2.45) is 0 Å². The molecule has 0 atom stereocenters. The predicted molar refractivity (Wildman–Crippen MR) is 79.2 cm³/mol. The Morgan fingerprint density at radius 3 is 2.70 bits per heavy atom. The number of hydrogen-bond donors (Lipinski definition) is 2. The highest BCUT2D eigenvalue weighted by Gasteiger charge is 2.22. The number of nitrogens with one attached hydrogen (secondary N) is 1. The van der Waals surface area contributed by atoms with Crippen LogP contribution in [0.2, 0.25) is 0 Å². The maximum Gasteiger partial charge on any atom is 0.335 e. The van der Waals surface area contributed by atoms with Crippen LogP contribution in [0.15, 0.2) is 35.7 Å². The van der Waals surface area contributed by atoms with Gasteiger partial charge < -0.3 is 10.4 Å². The first kappa shape index (κ1) is 14.5. The number of thiophene rings is 1. The normalized spacial score (nSPS) is 11.3. The van der Waals surface area contributed by atoms with Crippen LogP contribution in [0, 0.1) is 5.82 Å². The Balaban J connectivity index is 2.10. The minimum absolute atomic E-state index is 0.0504. The van der Waals surface area contributed by atoms with Gasteiger partial charge in [-0.15, -0.1) is 11.3 Å². The van der Waals surface area contributed by atoms with Crippen LogP contribution in [0.5, 0.6) is 0 Å². The summed E-state index contributed by atoms with van der Waals surface area (Å²) in [6.07, 6.45) is 0. The lowest BCUT2D eigenvalue weighted by molar-refractivity contribution is 0.0696. The van der Waals surface area contributed by atoms with Crippen molar-refractivity contribution in [3.05, 3.63) is 52.0 Å². The zero-order chi connectivity index (χ0) is 14.8. The molecule has 0 aliphatic heterocycles. The van der Waals surface area contributed by atoms with E-state index >= 15 is 0 Å². The Hall–Kier alpha value is -1.88. The van der Waals surface area contributed by atoms with E-state index in [2.05, 4.69) is 25.2 Å². The van der Waals surface area contributed by atoms with Crippen molar-refractivity contribution >= 4 is 23.0 Å². The first-order chi connectivity index (χ1) is 9.40. The van der Waals surface area contributed by atoms with Gasteiger partial charge in [-0.1, -0.05) is 19.9 Å².